The summed E-state index contributed by atoms with van der Waals surface area (Å²) in [5, 5.41) is 1.07. The molecule has 0 aromatic heterocycles. The van der Waals surface area contributed by atoms with Crippen LogP contribution < -0.4 is 10.5 Å². The molecule has 4 heteroatoms. The van der Waals surface area contributed by atoms with E-state index in [1.165, 1.54) is 0 Å². The summed E-state index contributed by atoms with van der Waals surface area (Å²) in [6.07, 6.45) is 0. The monoisotopic (exact) mass is 281 g/mol. The van der Waals surface area contributed by atoms with Gasteiger partial charge in [-0.15, -0.1) is 0 Å². The van der Waals surface area contributed by atoms with Crippen LogP contribution in [0.2, 0.25) is 10.0 Å². The maximum atomic E-state index is 6.07. The molecule has 0 unspecified atom stereocenters. The van der Waals surface area contributed by atoms with Gasteiger partial charge in [0.25, 0.3) is 0 Å². The zero-order valence-corrected chi connectivity index (χ0v) is 11.4. The highest BCUT2D eigenvalue weighted by molar-refractivity contribution is 6.35. The first-order valence-corrected chi connectivity index (χ1v) is 6.28. The standard InChI is InChI=1S/C14H13Cl2NO/c1-9-2-3-10(8-17)6-14(9)18-13-5-4-11(15)7-12(13)16/h2-7H,8,17H2,1H3. The Morgan fingerprint density at radius 1 is 1.06 bits per heavy atom. The van der Waals surface area contributed by atoms with Crippen molar-refractivity contribution in [3.8, 4) is 11.5 Å². The molecule has 2 aromatic rings. The van der Waals surface area contributed by atoms with Gasteiger partial charge < -0.3 is 10.5 Å². The predicted octanol–water partition coefficient (Wildman–Crippen LogP) is 4.55. The molecule has 0 amide bonds. The van der Waals surface area contributed by atoms with Gasteiger partial charge in [0.1, 0.15) is 11.5 Å². The smallest absolute Gasteiger partial charge is 0.146 e. The van der Waals surface area contributed by atoms with Crippen molar-refractivity contribution in [1.29, 1.82) is 0 Å². The lowest BCUT2D eigenvalue weighted by atomic mass is 10.1. The van der Waals surface area contributed by atoms with Crippen molar-refractivity contribution in [1.82, 2.24) is 0 Å². The van der Waals surface area contributed by atoms with Gasteiger partial charge in [-0.05, 0) is 42.3 Å². The number of ether oxygens (including phenoxy) is 1. The Hall–Kier alpha value is -1.22. The normalized spacial score (nSPS) is 10.4. The van der Waals surface area contributed by atoms with E-state index in [1.807, 2.05) is 25.1 Å². The molecule has 0 aliphatic heterocycles. The number of nitrogens with two attached hydrogens (primary N) is 1. The average molecular weight is 282 g/mol. The minimum atomic E-state index is 0.477. The lowest BCUT2D eigenvalue weighted by Gasteiger charge is -2.11. The molecule has 18 heavy (non-hydrogen) atoms. The third-order valence-electron chi connectivity index (χ3n) is 2.60. The van der Waals surface area contributed by atoms with Crippen LogP contribution in [0.15, 0.2) is 36.4 Å². The fourth-order valence-corrected chi connectivity index (χ4v) is 2.00. The molecular formula is C14H13Cl2NO. The Bertz CT molecular complexity index is 570. The zero-order valence-electron chi connectivity index (χ0n) is 9.91. The van der Waals surface area contributed by atoms with Crippen LogP contribution >= 0.6 is 23.2 Å². The first-order valence-electron chi connectivity index (χ1n) is 5.52. The van der Waals surface area contributed by atoms with E-state index in [4.69, 9.17) is 33.7 Å². The average Bonchev–Trinajstić information content (AvgIpc) is 2.35. The summed E-state index contributed by atoms with van der Waals surface area (Å²) < 4.78 is 5.79. The lowest BCUT2D eigenvalue weighted by Crippen LogP contribution is -1.97. The first-order chi connectivity index (χ1) is 8.60. The first kappa shape index (κ1) is 13.2. The summed E-state index contributed by atoms with van der Waals surface area (Å²) >= 11 is 11.9. The molecule has 0 atom stereocenters. The summed E-state index contributed by atoms with van der Waals surface area (Å²) in [5.41, 5.74) is 7.65. The van der Waals surface area contributed by atoms with Gasteiger partial charge in [0.15, 0.2) is 0 Å². The largest absolute Gasteiger partial charge is 0.456 e. The molecule has 94 valence electrons. The third kappa shape index (κ3) is 2.96. The highest BCUT2D eigenvalue weighted by atomic mass is 35.5. The van der Waals surface area contributed by atoms with Gasteiger partial charge in [-0.1, -0.05) is 35.3 Å². The van der Waals surface area contributed by atoms with Crippen molar-refractivity contribution >= 4 is 23.2 Å². The van der Waals surface area contributed by atoms with Crippen LogP contribution in [-0.2, 0) is 6.54 Å². The molecule has 0 spiro atoms. The molecule has 2 rings (SSSR count). The molecule has 0 aliphatic rings. The molecular weight excluding hydrogens is 269 g/mol. The Kier molecular flexibility index (Phi) is 4.12. The van der Waals surface area contributed by atoms with Crippen molar-refractivity contribution in [2.45, 2.75) is 13.5 Å². The van der Waals surface area contributed by atoms with Crippen LogP contribution in [0.25, 0.3) is 0 Å². The predicted molar refractivity (Wildman–Crippen MR) is 75.6 cm³/mol. The SMILES string of the molecule is Cc1ccc(CN)cc1Oc1ccc(Cl)cc1Cl. The molecule has 0 fully saturated rings. The maximum Gasteiger partial charge on any atom is 0.146 e. The number of halogens is 2. The summed E-state index contributed by atoms with van der Waals surface area (Å²) in [5.74, 6) is 1.33. The van der Waals surface area contributed by atoms with Gasteiger partial charge in [0.05, 0.1) is 5.02 Å². The summed E-state index contributed by atoms with van der Waals surface area (Å²) in [6, 6.07) is 11.0. The second-order valence-electron chi connectivity index (χ2n) is 3.98. The molecule has 0 bridgehead atoms. The van der Waals surface area contributed by atoms with Crippen LogP contribution in [0, 0.1) is 6.92 Å². The second-order valence-corrected chi connectivity index (χ2v) is 4.82. The maximum absolute atomic E-state index is 6.07. The van der Waals surface area contributed by atoms with E-state index < -0.39 is 0 Å². The van der Waals surface area contributed by atoms with Gasteiger partial charge in [0.2, 0.25) is 0 Å². The van der Waals surface area contributed by atoms with Gasteiger partial charge in [-0.2, -0.15) is 0 Å². The molecule has 0 heterocycles. The zero-order chi connectivity index (χ0) is 13.1. The van der Waals surface area contributed by atoms with E-state index in [0.29, 0.717) is 22.3 Å². The Labute approximate surface area is 116 Å². The number of aryl methyl sites for hydroxylation is 1. The molecule has 0 saturated heterocycles. The molecule has 0 aliphatic carbocycles. The van der Waals surface area contributed by atoms with Crippen molar-refractivity contribution in [2.75, 3.05) is 0 Å². The highest BCUT2D eigenvalue weighted by Gasteiger charge is 2.06. The van der Waals surface area contributed by atoms with Gasteiger partial charge in [-0.25, -0.2) is 0 Å². The molecule has 2 nitrogen and oxygen atoms in total. The van der Waals surface area contributed by atoms with Crippen LogP contribution in [-0.4, -0.2) is 0 Å². The summed E-state index contributed by atoms with van der Waals surface area (Å²) in [6.45, 7) is 2.45. The second kappa shape index (κ2) is 5.61. The number of benzene rings is 2. The molecule has 2 aromatic carbocycles. The van der Waals surface area contributed by atoms with Crippen LogP contribution in [0.5, 0.6) is 11.5 Å². The Morgan fingerprint density at radius 2 is 1.83 bits per heavy atom. The van der Waals surface area contributed by atoms with E-state index in [9.17, 15) is 0 Å². The van der Waals surface area contributed by atoms with Crippen molar-refractivity contribution in [3.63, 3.8) is 0 Å². The molecule has 2 N–H and O–H groups in total. The van der Waals surface area contributed by atoms with E-state index in [2.05, 4.69) is 0 Å². The summed E-state index contributed by atoms with van der Waals surface area (Å²) in [7, 11) is 0. The lowest BCUT2D eigenvalue weighted by molar-refractivity contribution is 0.478. The van der Waals surface area contributed by atoms with E-state index in [0.717, 1.165) is 16.9 Å². The van der Waals surface area contributed by atoms with Gasteiger partial charge in [-0.3, -0.25) is 0 Å². The number of hydrogen-bond acceptors (Lipinski definition) is 2. The van der Waals surface area contributed by atoms with Gasteiger partial charge in [0, 0.05) is 11.6 Å². The fourth-order valence-electron chi connectivity index (χ4n) is 1.56. The minimum absolute atomic E-state index is 0.477. The van der Waals surface area contributed by atoms with E-state index >= 15 is 0 Å². The van der Waals surface area contributed by atoms with Crippen LogP contribution in [0.1, 0.15) is 11.1 Å². The third-order valence-corrected chi connectivity index (χ3v) is 3.13. The number of hydrogen-bond donors (Lipinski definition) is 1. The number of rotatable bonds is 3. The van der Waals surface area contributed by atoms with Crippen LogP contribution in [0.3, 0.4) is 0 Å². The van der Waals surface area contributed by atoms with E-state index in [-0.39, 0.29) is 0 Å². The summed E-state index contributed by atoms with van der Waals surface area (Å²) in [4.78, 5) is 0. The van der Waals surface area contributed by atoms with Gasteiger partial charge >= 0.3 is 0 Å². The Morgan fingerprint density at radius 3 is 2.50 bits per heavy atom. The quantitative estimate of drug-likeness (QED) is 0.896. The van der Waals surface area contributed by atoms with Crippen molar-refractivity contribution < 1.29 is 4.74 Å². The highest BCUT2D eigenvalue weighted by Crippen LogP contribution is 2.33. The van der Waals surface area contributed by atoms with Crippen LogP contribution in [0.4, 0.5) is 0 Å². The topological polar surface area (TPSA) is 35.2 Å². The minimum Gasteiger partial charge on any atom is -0.456 e. The van der Waals surface area contributed by atoms with E-state index in [1.54, 1.807) is 18.2 Å². The van der Waals surface area contributed by atoms with Crippen molar-refractivity contribution in [3.05, 3.63) is 57.6 Å². The van der Waals surface area contributed by atoms with Crippen molar-refractivity contribution in [2.24, 2.45) is 5.73 Å². The fraction of sp³-hybridized carbons (Fsp3) is 0.143. The molecule has 0 saturated carbocycles. The molecule has 0 radical (unpaired) electrons. The Balaban J connectivity index is 2.33.